The summed E-state index contributed by atoms with van der Waals surface area (Å²) in [5.74, 6) is -1.01. The Morgan fingerprint density at radius 3 is 3.20 bits per heavy atom. The van der Waals surface area contributed by atoms with Crippen LogP contribution in [0.15, 0.2) is 29.1 Å². The second kappa shape index (κ2) is 2.82. The summed E-state index contributed by atoms with van der Waals surface area (Å²) in [6.45, 7) is 0. The van der Waals surface area contributed by atoms with Gasteiger partial charge in [-0.1, -0.05) is 5.16 Å². The molecule has 0 spiro atoms. The Morgan fingerprint density at radius 1 is 1.70 bits per heavy atom. The van der Waals surface area contributed by atoms with Gasteiger partial charge in [-0.2, -0.15) is 0 Å². The molecule has 0 amide bonds. The summed E-state index contributed by atoms with van der Waals surface area (Å²) in [5.41, 5.74) is 0.105. The molecule has 4 nitrogen and oxygen atoms in total. The van der Waals surface area contributed by atoms with E-state index in [9.17, 15) is 4.79 Å². The molecule has 1 heterocycles. The third kappa shape index (κ3) is 1.45. The van der Waals surface area contributed by atoms with E-state index in [1.165, 1.54) is 18.4 Å². The first-order valence-corrected chi connectivity index (χ1v) is 2.60. The van der Waals surface area contributed by atoms with Gasteiger partial charge in [0, 0.05) is 0 Å². The largest absolute Gasteiger partial charge is 0.478 e. The lowest BCUT2D eigenvalue weighted by Gasteiger charge is -1.86. The van der Waals surface area contributed by atoms with Crippen LogP contribution in [0, 0.1) is 0 Å². The number of carbonyl (C=O) groups is 1. The van der Waals surface area contributed by atoms with Crippen LogP contribution >= 0.6 is 0 Å². The number of allylic oxidation sites excluding steroid dienone is 2. The molecular formula is C6H5NO3. The lowest BCUT2D eigenvalue weighted by molar-refractivity contribution is -0.132. The van der Waals surface area contributed by atoms with Crippen molar-refractivity contribution in [3.05, 3.63) is 24.0 Å². The van der Waals surface area contributed by atoms with Crippen LogP contribution in [0.3, 0.4) is 0 Å². The maximum absolute atomic E-state index is 10.3. The zero-order valence-corrected chi connectivity index (χ0v) is 5.02. The molecule has 0 aromatic rings. The fourth-order valence-corrected chi connectivity index (χ4v) is 0.470. The molecule has 0 radical (unpaired) electrons. The molecule has 52 valence electrons. The minimum Gasteiger partial charge on any atom is -0.478 e. The summed E-state index contributed by atoms with van der Waals surface area (Å²) >= 11 is 0. The van der Waals surface area contributed by atoms with Gasteiger partial charge in [0.1, 0.15) is 6.26 Å². The molecule has 0 atom stereocenters. The Balaban J connectivity index is 2.83. The molecule has 1 aliphatic heterocycles. The van der Waals surface area contributed by atoms with Gasteiger partial charge in [0.15, 0.2) is 0 Å². The molecule has 0 fully saturated rings. The summed E-state index contributed by atoms with van der Waals surface area (Å²) in [4.78, 5) is 14.7. The van der Waals surface area contributed by atoms with E-state index in [2.05, 4.69) is 9.99 Å². The minimum absolute atomic E-state index is 0.105. The number of carboxylic acids is 1. The van der Waals surface area contributed by atoms with E-state index in [4.69, 9.17) is 5.11 Å². The second-order valence-corrected chi connectivity index (χ2v) is 1.60. The quantitative estimate of drug-likeness (QED) is 0.576. The van der Waals surface area contributed by atoms with E-state index in [-0.39, 0.29) is 5.57 Å². The molecular weight excluding hydrogens is 134 g/mol. The van der Waals surface area contributed by atoms with Crippen LogP contribution in [-0.4, -0.2) is 17.3 Å². The first-order chi connectivity index (χ1) is 4.80. The normalized spacial score (nSPS) is 15.4. The Hall–Kier alpha value is -1.58. The molecule has 0 aromatic heterocycles. The van der Waals surface area contributed by atoms with Crippen molar-refractivity contribution in [3.8, 4) is 0 Å². The predicted molar refractivity (Wildman–Crippen MR) is 34.4 cm³/mol. The molecule has 0 bridgehead atoms. The fourth-order valence-electron chi connectivity index (χ4n) is 0.470. The van der Waals surface area contributed by atoms with Crippen LogP contribution < -0.4 is 0 Å². The van der Waals surface area contributed by atoms with Gasteiger partial charge in [-0.15, -0.1) is 0 Å². The van der Waals surface area contributed by atoms with Gasteiger partial charge >= 0.3 is 5.97 Å². The van der Waals surface area contributed by atoms with Crippen molar-refractivity contribution in [2.24, 2.45) is 5.16 Å². The first kappa shape index (κ1) is 6.54. The van der Waals surface area contributed by atoms with Crippen molar-refractivity contribution in [2.45, 2.75) is 0 Å². The number of oxime groups is 1. The standard InChI is InChI=1S/C6H5NO3/c8-6(9)5-2-1-3-10-7-4-5/h1-4H,(H,8,9). The Kier molecular flexibility index (Phi) is 1.84. The monoisotopic (exact) mass is 139 g/mol. The summed E-state index contributed by atoms with van der Waals surface area (Å²) in [7, 11) is 0. The smallest absolute Gasteiger partial charge is 0.337 e. The third-order valence-electron chi connectivity index (χ3n) is 0.915. The van der Waals surface area contributed by atoms with Crippen molar-refractivity contribution in [1.82, 2.24) is 0 Å². The van der Waals surface area contributed by atoms with Crippen LogP contribution in [-0.2, 0) is 9.63 Å². The third-order valence-corrected chi connectivity index (χ3v) is 0.915. The topological polar surface area (TPSA) is 58.9 Å². The van der Waals surface area contributed by atoms with Crippen molar-refractivity contribution >= 4 is 12.2 Å². The highest BCUT2D eigenvalue weighted by Gasteiger charge is 2.02. The molecule has 0 saturated heterocycles. The van der Waals surface area contributed by atoms with Gasteiger partial charge in [-0.25, -0.2) is 4.79 Å². The first-order valence-electron chi connectivity index (χ1n) is 2.60. The average molecular weight is 139 g/mol. The molecule has 1 N–H and O–H groups in total. The van der Waals surface area contributed by atoms with Crippen LogP contribution in [0.1, 0.15) is 0 Å². The second-order valence-electron chi connectivity index (χ2n) is 1.60. The van der Waals surface area contributed by atoms with Gasteiger partial charge in [0.05, 0.1) is 11.8 Å². The zero-order valence-electron chi connectivity index (χ0n) is 5.02. The molecule has 1 rings (SSSR count). The Labute approximate surface area is 57.1 Å². The van der Waals surface area contributed by atoms with Gasteiger partial charge in [0.25, 0.3) is 0 Å². The van der Waals surface area contributed by atoms with Crippen molar-refractivity contribution in [3.63, 3.8) is 0 Å². The maximum Gasteiger partial charge on any atom is 0.337 e. The van der Waals surface area contributed by atoms with E-state index in [1.807, 2.05) is 0 Å². The van der Waals surface area contributed by atoms with Crippen LogP contribution in [0.4, 0.5) is 0 Å². The lowest BCUT2D eigenvalue weighted by atomic mass is 10.3. The summed E-state index contributed by atoms with van der Waals surface area (Å²) in [6, 6.07) is 0. The zero-order chi connectivity index (χ0) is 7.40. The van der Waals surface area contributed by atoms with E-state index in [0.29, 0.717) is 0 Å². The van der Waals surface area contributed by atoms with E-state index >= 15 is 0 Å². The van der Waals surface area contributed by atoms with Crippen molar-refractivity contribution in [2.75, 3.05) is 0 Å². The minimum atomic E-state index is -1.01. The summed E-state index contributed by atoms with van der Waals surface area (Å²) in [5, 5.41) is 11.7. The molecule has 0 unspecified atom stereocenters. The van der Waals surface area contributed by atoms with Gasteiger partial charge in [-0.05, 0) is 12.2 Å². The molecule has 0 aliphatic carbocycles. The molecule has 1 aliphatic rings. The van der Waals surface area contributed by atoms with Gasteiger partial charge < -0.3 is 9.94 Å². The number of hydrogen-bond donors (Lipinski definition) is 1. The Bertz CT molecular complexity index is 227. The van der Waals surface area contributed by atoms with Gasteiger partial charge in [-0.3, -0.25) is 0 Å². The van der Waals surface area contributed by atoms with E-state index in [1.54, 1.807) is 0 Å². The van der Waals surface area contributed by atoms with Crippen LogP contribution in [0.2, 0.25) is 0 Å². The molecule has 10 heavy (non-hydrogen) atoms. The number of hydrogen-bond acceptors (Lipinski definition) is 3. The highest BCUT2D eigenvalue weighted by atomic mass is 16.6. The fraction of sp³-hybridized carbons (Fsp3) is 0. The average Bonchev–Trinajstić information content (AvgIpc) is 2.12. The van der Waals surface area contributed by atoms with E-state index < -0.39 is 5.97 Å². The summed E-state index contributed by atoms with van der Waals surface area (Å²) in [6.07, 6.45) is 5.31. The van der Waals surface area contributed by atoms with Crippen LogP contribution in [0.5, 0.6) is 0 Å². The Morgan fingerprint density at radius 2 is 2.50 bits per heavy atom. The lowest BCUT2D eigenvalue weighted by Crippen LogP contribution is -2.00. The number of rotatable bonds is 1. The van der Waals surface area contributed by atoms with Gasteiger partial charge in [0.2, 0.25) is 0 Å². The number of nitrogens with zero attached hydrogens (tertiary/aromatic N) is 1. The SMILES string of the molecule is O=C(O)C1=CC=CON=C1. The number of carboxylic acid groups (broad SMARTS) is 1. The number of aliphatic carboxylic acids is 1. The molecule has 4 heteroatoms. The molecule has 0 saturated carbocycles. The highest BCUT2D eigenvalue weighted by molar-refractivity contribution is 6.08. The maximum atomic E-state index is 10.3. The predicted octanol–water partition coefficient (Wildman–Crippen LogP) is 0.527. The van der Waals surface area contributed by atoms with Crippen molar-refractivity contribution < 1.29 is 14.7 Å². The molecule has 0 aromatic carbocycles. The van der Waals surface area contributed by atoms with E-state index in [0.717, 1.165) is 6.21 Å². The van der Waals surface area contributed by atoms with Crippen molar-refractivity contribution in [1.29, 1.82) is 0 Å². The van der Waals surface area contributed by atoms with Crippen LogP contribution in [0.25, 0.3) is 0 Å². The highest BCUT2D eigenvalue weighted by Crippen LogP contribution is 1.96. The summed E-state index contributed by atoms with van der Waals surface area (Å²) < 4.78 is 0.